The lowest BCUT2D eigenvalue weighted by Gasteiger charge is -2.37. The maximum Gasteiger partial charge on any atom is 0.410 e. The van der Waals surface area contributed by atoms with Crippen molar-refractivity contribution >= 4 is 17.7 Å². The number of ether oxygens (including phenoxy) is 1. The molecule has 1 unspecified atom stereocenters. The molecule has 2 heterocycles. The van der Waals surface area contributed by atoms with Gasteiger partial charge in [0.1, 0.15) is 5.60 Å². The van der Waals surface area contributed by atoms with E-state index >= 15 is 0 Å². The van der Waals surface area contributed by atoms with Gasteiger partial charge in [-0.05, 0) is 58.3 Å². The van der Waals surface area contributed by atoms with Gasteiger partial charge in [0.05, 0.1) is 0 Å². The van der Waals surface area contributed by atoms with Gasteiger partial charge in [0.15, 0.2) is 17.5 Å². The van der Waals surface area contributed by atoms with E-state index in [0.717, 1.165) is 31.4 Å². The van der Waals surface area contributed by atoms with Gasteiger partial charge in [0, 0.05) is 56.5 Å². The highest BCUT2D eigenvalue weighted by atomic mass is 19.2. The molecule has 2 saturated heterocycles. The van der Waals surface area contributed by atoms with Gasteiger partial charge >= 0.3 is 6.09 Å². The zero-order valence-corrected chi connectivity index (χ0v) is 20.5. The van der Waals surface area contributed by atoms with Crippen LogP contribution in [-0.4, -0.2) is 55.2 Å². The van der Waals surface area contributed by atoms with Gasteiger partial charge in [-0.25, -0.2) is 18.0 Å². The highest BCUT2D eigenvalue weighted by Gasteiger charge is 2.32. The van der Waals surface area contributed by atoms with Crippen LogP contribution in [0.4, 0.5) is 23.7 Å². The van der Waals surface area contributed by atoms with Gasteiger partial charge in [0.2, 0.25) is 5.91 Å². The first-order chi connectivity index (χ1) is 15.9. The number of benzene rings is 1. The van der Waals surface area contributed by atoms with Crippen molar-refractivity contribution in [3.63, 3.8) is 0 Å². The number of carbonyl (C=O) groups is 2. The van der Waals surface area contributed by atoms with Gasteiger partial charge in [-0.15, -0.1) is 0 Å². The Morgan fingerprint density at radius 1 is 1.06 bits per heavy atom. The normalized spacial score (nSPS) is 22.0. The molecule has 2 atom stereocenters. The standard InChI is InChI=1S/C25H36F3N3O3/c1-16-15-31(18-13-20(26)22(28)21(27)14-18)12-8-19(16)23(32)29-9-5-17-6-10-30(11-7-17)24(33)34-25(2,3)4/h13-14,16-17,19H,5-12,15H2,1-4H3,(H,29,32)/t16-,19?/m1/s1. The van der Waals surface area contributed by atoms with Crippen LogP contribution in [0.1, 0.15) is 53.4 Å². The second-order valence-corrected chi connectivity index (χ2v) is 10.5. The quantitative estimate of drug-likeness (QED) is 0.616. The third-order valence-corrected chi connectivity index (χ3v) is 6.69. The molecule has 0 aliphatic carbocycles. The molecule has 190 valence electrons. The average Bonchev–Trinajstić information content (AvgIpc) is 2.76. The number of halogens is 3. The van der Waals surface area contributed by atoms with Gasteiger partial charge in [-0.2, -0.15) is 0 Å². The van der Waals surface area contributed by atoms with Crippen molar-refractivity contribution in [1.29, 1.82) is 0 Å². The van der Waals surface area contributed by atoms with Crippen molar-refractivity contribution < 1.29 is 27.5 Å². The first-order valence-corrected chi connectivity index (χ1v) is 12.1. The van der Waals surface area contributed by atoms with Crippen molar-refractivity contribution in [3.05, 3.63) is 29.6 Å². The molecule has 2 aliphatic rings. The largest absolute Gasteiger partial charge is 0.444 e. The van der Waals surface area contributed by atoms with E-state index in [0.29, 0.717) is 50.7 Å². The minimum atomic E-state index is -1.47. The molecule has 1 aromatic carbocycles. The van der Waals surface area contributed by atoms with E-state index in [1.165, 1.54) is 0 Å². The van der Waals surface area contributed by atoms with Crippen LogP contribution in [0.5, 0.6) is 0 Å². The first-order valence-electron chi connectivity index (χ1n) is 12.1. The van der Waals surface area contributed by atoms with Crippen LogP contribution in [0.2, 0.25) is 0 Å². The fourth-order valence-corrected chi connectivity index (χ4v) is 4.76. The monoisotopic (exact) mass is 483 g/mol. The summed E-state index contributed by atoms with van der Waals surface area (Å²) >= 11 is 0. The molecule has 0 spiro atoms. The molecule has 2 fully saturated rings. The molecule has 0 aromatic heterocycles. The number of carbonyl (C=O) groups excluding carboxylic acids is 2. The Hall–Kier alpha value is -2.45. The lowest BCUT2D eigenvalue weighted by molar-refractivity contribution is -0.127. The average molecular weight is 484 g/mol. The second kappa shape index (κ2) is 10.9. The van der Waals surface area contributed by atoms with E-state index in [2.05, 4.69) is 5.32 Å². The molecular formula is C25H36F3N3O3. The molecule has 1 aromatic rings. The molecule has 2 amide bonds. The van der Waals surface area contributed by atoms with Crippen LogP contribution in [0.25, 0.3) is 0 Å². The number of nitrogens with zero attached hydrogens (tertiary/aromatic N) is 2. The second-order valence-electron chi connectivity index (χ2n) is 10.5. The Morgan fingerprint density at radius 2 is 1.68 bits per heavy atom. The maximum atomic E-state index is 13.6. The number of piperidine rings is 2. The molecular weight excluding hydrogens is 447 g/mol. The van der Waals surface area contributed by atoms with Crippen LogP contribution in [0.15, 0.2) is 12.1 Å². The van der Waals surface area contributed by atoms with E-state index in [4.69, 9.17) is 4.74 Å². The lowest BCUT2D eigenvalue weighted by atomic mass is 9.85. The summed E-state index contributed by atoms with van der Waals surface area (Å²) in [7, 11) is 0. The summed E-state index contributed by atoms with van der Waals surface area (Å²) in [6.45, 7) is 10.3. The number of hydrogen-bond donors (Lipinski definition) is 1. The first kappa shape index (κ1) is 26.2. The van der Waals surface area contributed by atoms with Crippen LogP contribution in [0.3, 0.4) is 0 Å². The summed E-state index contributed by atoms with van der Waals surface area (Å²) in [5.41, 5.74) is -0.212. The minimum absolute atomic E-state index is 0.00481. The van der Waals surface area contributed by atoms with Gasteiger partial charge < -0.3 is 19.9 Å². The number of rotatable bonds is 5. The SMILES string of the molecule is C[C@@H]1CN(c2cc(F)c(F)c(F)c2)CCC1C(=O)NCCC1CCN(C(=O)OC(C)(C)C)CC1. The molecule has 0 radical (unpaired) electrons. The zero-order chi connectivity index (χ0) is 25.0. The Balaban J connectivity index is 1.40. The van der Waals surface area contributed by atoms with Crippen molar-refractivity contribution in [3.8, 4) is 0 Å². The van der Waals surface area contributed by atoms with E-state index in [9.17, 15) is 22.8 Å². The summed E-state index contributed by atoms with van der Waals surface area (Å²) in [5, 5.41) is 3.04. The Morgan fingerprint density at radius 3 is 2.24 bits per heavy atom. The predicted octanol–water partition coefficient (Wildman–Crippen LogP) is 4.72. The fraction of sp³-hybridized carbons (Fsp3) is 0.680. The van der Waals surface area contributed by atoms with E-state index in [-0.39, 0.29) is 23.8 Å². The highest BCUT2D eigenvalue weighted by Crippen LogP contribution is 2.29. The third kappa shape index (κ3) is 6.79. The Labute approximate surface area is 199 Å². The summed E-state index contributed by atoms with van der Waals surface area (Å²) in [6.07, 6.45) is 2.91. The Bertz CT molecular complexity index is 859. The van der Waals surface area contributed by atoms with Crippen LogP contribution < -0.4 is 10.2 Å². The topological polar surface area (TPSA) is 61.9 Å². The van der Waals surface area contributed by atoms with Crippen molar-refractivity contribution in [1.82, 2.24) is 10.2 Å². The van der Waals surface area contributed by atoms with Crippen molar-refractivity contribution in [2.24, 2.45) is 17.8 Å². The molecule has 0 bridgehead atoms. The van der Waals surface area contributed by atoms with E-state index in [1.54, 1.807) is 9.80 Å². The van der Waals surface area contributed by atoms with Gasteiger partial charge in [-0.1, -0.05) is 6.92 Å². The molecule has 3 rings (SSSR count). The summed E-state index contributed by atoms with van der Waals surface area (Å²) < 4.78 is 45.8. The molecule has 0 saturated carbocycles. The molecule has 2 aliphatic heterocycles. The molecule has 34 heavy (non-hydrogen) atoms. The number of likely N-dealkylation sites (tertiary alicyclic amines) is 1. The summed E-state index contributed by atoms with van der Waals surface area (Å²) in [6, 6.07) is 2.00. The number of nitrogens with one attached hydrogen (secondary N) is 1. The van der Waals surface area contributed by atoms with Crippen LogP contribution in [0, 0.1) is 35.2 Å². The Kier molecular flexibility index (Phi) is 8.36. The van der Waals surface area contributed by atoms with Gasteiger partial charge in [-0.3, -0.25) is 4.79 Å². The van der Waals surface area contributed by atoms with E-state index < -0.39 is 23.1 Å². The van der Waals surface area contributed by atoms with Gasteiger partial charge in [0.25, 0.3) is 0 Å². The smallest absolute Gasteiger partial charge is 0.410 e. The fourth-order valence-electron chi connectivity index (χ4n) is 4.76. The van der Waals surface area contributed by atoms with E-state index in [1.807, 2.05) is 27.7 Å². The number of anilines is 1. The molecule has 1 N–H and O–H groups in total. The number of amides is 2. The lowest BCUT2D eigenvalue weighted by Crippen LogP contribution is -2.46. The zero-order valence-electron chi connectivity index (χ0n) is 20.5. The highest BCUT2D eigenvalue weighted by molar-refractivity contribution is 5.79. The maximum absolute atomic E-state index is 13.6. The van der Waals surface area contributed by atoms with Crippen molar-refractivity contribution in [2.75, 3.05) is 37.6 Å². The molecule has 9 heteroatoms. The van der Waals surface area contributed by atoms with Crippen LogP contribution >= 0.6 is 0 Å². The summed E-state index contributed by atoms with van der Waals surface area (Å²) in [4.78, 5) is 28.5. The van der Waals surface area contributed by atoms with Crippen LogP contribution in [-0.2, 0) is 9.53 Å². The summed E-state index contributed by atoms with van der Waals surface area (Å²) in [5.74, 6) is -3.64. The van der Waals surface area contributed by atoms with Crippen molar-refractivity contribution in [2.45, 2.75) is 59.0 Å². The predicted molar refractivity (Wildman–Crippen MR) is 124 cm³/mol. The number of hydrogen-bond acceptors (Lipinski definition) is 4. The minimum Gasteiger partial charge on any atom is -0.444 e. The molecule has 6 nitrogen and oxygen atoms in total. The third-order valence-electron chi connectivity index (χ3n) is 6.69.